The Morgan fingerprint density at radius 1 is 1.29 bits per heavy atom. The molecule has 17 heavy (non-hydrogen) atoms. The van der Waals surface area contributed by atoms with Gasteiger partial charge in [-0.2, -0.15) is 0 Å². The third-order valence-corrected chi connectivity index (χ3v) is 3.85. The number of nitrogens with one attached hydrogen (secondary N) is 1. The Morgan fingerprint density at radius 3 is 2.41 bits per heavy atom. The number of aliphatic hydroxyl groups excluding tert-OH is 1. The number of rotatable bonds is 6. The first kappa shape index (κ1) is 14.9. The van der Waals surface area contributed by atoms with Gasteiger partial charge in [0.05, 0.1) is 6.10 Å². The smallest absolute Gasteiger partial charge is 0.0791 e. The Balaban J connectivity index is 2.08. The van der Waals surface area contributed by atoms with Crippen molar-refractivity contribution in [1.29, 1.82) is 0 Å². The summed E-state index contributed by atoms with van der Waals surface area (Å²) in [6.45, 7) is 7.28. The topological polar surface area (TPSA) is 35.5 Å². The second kappa shape index (κ2) is 6.72. The maximum Gasteiger partial charge on any atom is 0.0791 e. The molecule has 0 radical (unpaired) electrons. The Hall–Kier alpha value is -0.120. The largest absolute Gasteiger partial charge is 0.390 e. The van der Waals surface area contributed by atoms with Gasteiger partial charge in [0, 0.05) is 13.1 Å². The molecular formula is C14H30N2O. The van der Waals surface area contributed by atoms with E-state index in [9.17, 15) is 5.11 Å². The van der Waals surface area contributed by atoms with Crippen LogP contribution in [0.2, 0.25) is 0 Å². The van der Waals surface area contributed by atoms with E-state index in [4.69, 9.17) is 0 Å². The van der Waals surface area contributed by atoms with Crippen LogP contribution in [0.1, 0.15) is 39.5 Å². The van der Waals surface area contributed by atoms with Gasteiger partial charge in [-0.25, -0.2) is 0 Å². The third kappa shape index (κ3) is 6.39. The highest BCUT2D eigenvalue weighted by Gasteiger charge is 2.26. The van der Waals surface area contributed by atoms with Crippen molar-refractivity contribution in [2.24, 2.45) is 11.3 Å². The van der Waals surface area contributed by atoms with E-state index in [-0.39, 0.29) is 6.10 Å². The van der Waals surface area contributed by atoms with Crippen LogP contribution >= 0.6 is 0 Å². The quantitative estimate of drug-likeness (QED) is 0.744. The van der Waals surface area contributed by atoms with Crippen molar-refractivity contribution in [3.63, 3.8) is 0 Å². The first-order valence-corrected chi connectivity index (χ1v) is 6.92. The van der Waals surface area contributed by atoms with Gasteiger partial charge in [0.25, 0.3) is 0 Å². The van der Waals surface area contributed by atoms with E-state index in [1.807, 2.05) is 19.0 Å². The monoisotopic (exact) mass is 242 g/mol. The van der Waals surface area contributed by atoms with E-state index in [0.29, 0.717) is 5.41 Å². The second-order valence-corrected chi connectivity index (χ2v) is 6.68. The molecule has 0 aromatic heterocycles. The van der Waals surface area contributed by atoms with Crippen molar-refractivity contribution in [2.75, 3.05) is 33.7 Å². The lowest BCUT2D eigenvalue weighted by Gasteiger charge is -2.34. The molecule has 0 amide bonds. The zero-order chi connectivity index (χ0) is 12.9. The van der Waals surface area contributed by atoms with Crippen LogP contribution in [-0.4, -0.2) is 49.8 Å². The Morgan fingerprint density at radius 2 is 1.88 bits per heavy atom. The first-order valence-electron chi connectivity index (χ1n) is 6.92. The summed E-state index contributed by atoms with van der Waals surface area (Å²) in [6.07, 6.45) is 5.12. The van der Waals surface area contributed by atoms with Gasteiger partial charge in [0.2, 0.25) is 0 Å². The zero-order valence-corrected chi connectivity index (χ0v) is 12.0. The summed E-state index contributed by atoms with van der Waals surface area (Å²) in [7, 11) is 3.98. The fourth-order valence-electron chi connectivity index (χ4n) is 2.60. The lowest BCUT2D eigenvalue weighted by atomic mass is 9.73. The predicted molar refractivity (Wildman–Crippen MR) is 73.2 cm³/mol. The van der Waals surface area contributed by atoms with E-state index >= 15 is 0 Å². The van der Waals surface area contributed by atoms with E-state index in [0.717, 1.165) is 25.6 Å². The van der Waals surface area contributed by atoms with Crippen LogP contribution in [0.4, 0.5) is 0 Å². The van der Waals surface area contributed by atoms with Crippen molar-refractivity contribution in [3.8, 4) is 0 Å². The van der Waals surface area contributed by atoms with Gasteiger partial charge in [0.15, 0.2) is 0 Å². The maximum atomic E-state index is 9.73. The highest BCUT2D eigenvalue weighted by atomic mass is 16.3. The molecule has 0 bridgehead atoms. The Bertz CT molecular complexity index is 206. The third-order valence-electron chi connectivity index (χ3n) is 3.85. The van der Waals surface area contributed by atoms with Gasteiger partial charge in [-0.1, -0.05) is 13.8 Å². The molecule has 1 unspecified atom stereocenters. The molecule has 0 heterocycles. The van der Waals surface area contributed by atoms with E-state index in [1.165, 1.54) is 25.7 Å². The lowest BCUT2D eigenvalue weighted by Crippen LogP contribution is -2.37. The minimum absolute atomic E-state index is 0.245. The lowest BCUT2D eigenvalue weighted by molar-refractivity contribution is 0.129. The fraction of sp³-hybridized carbons (Fsp3) is 1.00. The molecule has 1 aliphatic rings. The number of hydrogen-bond acceptors (Lipinski definition) is 3. The van der Waals surface area contributed by atoms with Crippen molar-refractivity contribution >= 4 is 0 Å². The summed E-state index contributed by atoms with van der Waals surface area (Å²) in [4.78, 5) is 2.02. The highest BCUT2D eigenvalue weighted by molar-refractivity contribution is 4.79. The number of hydrogen-bond donors (Lipinski definition) is 2. The predicted octanol–water partition coefficient (Wildman–Crippen LogP) is 1.71. The van der Waals surface area contributed by atoms with Gasteiger partial charge >= 0.3 is 0 Å². The standard InChI is InChI=1S/C14H30N2O/c1-14(2)7-5-12(6-8-14)9-15-10-13(17)11-16(3)4/h12-13,15,17H,5-11H2,1-4H3. The summed E-state index contributed by atoms with van der Waals surface area (Å²) in [5, 5.41) is 13.1. The molecule has 3 heteroatoms. The van der Waals surface area contributed by atoms with Crippen molar-refractivity contribution < 1.29 is 5.11 Å². The van der Waals surface area contributed by atoms with Crippen LogP contribution < -0.4 is 5.32 Å². The van der Waals surface area contributed by atoms with Gasteiger partial charge in [-0.3, -0.25) is 0 Å². The van der Waals surface area contributed by atoms with Gasteiger partial charge in [-0.15, -0.1) is 0 Å². The minimum Gasteiger partial charge on any atom is -0.390 e. The van der Waals surface area contributed by atoms with Gasteiger partial charge in [-0.05, 0) is 57.7 Å². The summed E-state index contributed by atoms with van der Waals surface area (Å²) in [6, 6.07) is 0. The molecule has 1 saturated carbocycles. The Labute approximate surface area is 107 Å². The van der Waals surface area contributed by atoms with E-state index in [2.05, 4.69) is 19.2 Å². The second-order valence-electron chi connectivity index (χ2n) is 6.68. The van der Waals surface area contributed by atoms with Crippen LogP contribution in [0.5, 0.6) is 0 Å². The molecule has 3 nitrogen and oxygen atoms in total. The molecule has 102 valence electrons. The Kier molecular flexibility index (Phi) is 5.90. The molecular weight excluding hydrogens is 212 g/mol. The molecule has 0 spiro atoms. The molecule has 2 N–H and O–H groups in total. The maximum absolute atomic E-state index is 9.73. The summed E-state index contributed by atoms with van der Waals surface area (Å²) in [5.74, 6) is 0.814. The number of aliphatic hydroxyl groups is 1. The molecule has 0 aliphatic heterocycles. The van der Waals surface area contributed by atoms with Crippen molar-refractivity contribution in [2.45, 2.75) is 45.6 Å². The first-order chi connectivity index (χ1) is 7.89. The summed E-state index contributed by atoms with van der Waals surface area (Å²) < 4.78 is 0. The van der Waals surface area contributed by atoms with Crippen LogP contribution in [0, 0.1) is 11.3 Å². The van der Waals surface area contributed by atoms with Crippen molar-refractivity contribution in [1.82, 2.24) is 10.2 Å². The molecule has 1 aliphatic carbocycles. The molecule has 1 rings (SSSR count). The molecule has 0 aromatic rings. The van der Waals surface area contributed by atoms with Crippen LogP contribution in [0.15, 0.2) is 0 Å². The van der Waals surface area contributed by atoms with E-state index in [1.54, 1.807) is 0 Å². The zero-order valence-electron chi connectivity index (χ0n) is 12.0. The van der Waals surface area contributed by atoms with Crippen molar-refractivity contribution in [3.05, 3.63) is 0 Å². The normalized spacial score (nSPS) is 22.9. The minimum atomic E-state index is -0.245. The van der Waals surface area contributed by atoms with Crippen LogP contribution in [0.3, 0.4) is 0 Å². The SMILES string of the molecule is CN(C)CC(O)CNCC1CCC(C)(C)CC1. The fourth-order valence-corrected chi connectivity index (χ4v) is 2.60. The van der Waals surface area contributed by atoms with E-state index < -0.39 is 0 Å². The number of likely N-dealkylation sites (N-methyl/N-ethyl adjacent to an activating group) is 1. The summed E-state index contributed by atoms with van der Waals surface area (Å²) in [5.41, 5.74) is 0.556. The average molecular weight is 242 g/mol. The summed E-state index contributed by atoms with van der Waals surface area (Å²) >= 11 is 0. The molecule has 0 saturated heterocycles. The molecule has 1 fully saturated rings. The number of nitrogens with zero attached hydrogens (tertiary/aromatic N) is 1. The van der Waals surface area contributed by atoms with Crippen LogP contribution in [0.25, 0.3) is 0 Å². The molecule has 0 aromatic carbocycles. The van der Waals surface area contributed by atoms with Crippen LogP contribution in [-0.2, 0) is 0 Å². The average Bonchev–Trinajstić information content (AvgIpc) is 2.19. The highest BCUT2D eigenvalue weighted by Crippen LogP contribution is 2.37. The molecule has 1 atom stereocenters. The van der Waals surface area contributed by atoms with Gasteiger partial charge < -0.3 is 15.3 Å². The van der Waals surface area contributed by atoms with Gasteiger partial charge in [0.1, 0.15) is 0 Å².